The Morgan fingerprint density at radius 3 is 2.62 bits per heavy atom. The Morgan fingerprint density at radius 2 is 2.19 bits per heavy atom. The molecule has 3 atom stereocenters. The average Bonchev–Trinajstić information content (AvgIpc) is 2.88. The van der Waals surface area contributed by atoms with Gasteiger partial charge in [0.15, 0.2) is 0 Å². The molecule has 94 valence electrons. The SMILES string of the molecule is CC(CN)N(C)S(=O)(=O)N1CC2CCC1C2. The second-order valence-corrected chi connectivity index (χ2v) is 6.95. The van der Waals surface area contributed by atoms with Gasteiger partial charge in [0.05, 0.1) is 0 Å². The highest BCUT2D eigenvalue weighted by atomic mass is 32.2. The highest BCUT2D eigenvalue weighted by Crippen LogP contribution is 2.39. The van der Waals surface area contributed by atoms with Gasteiger partial charge in [0.1, 0.15) is 0 Å². The van der Waals surface area contributed by atoms with Gasteiger partial charge in [-0.3, -0.25) is 0 Å². The van der Waals surface area contributed by atoms with E-state index >= 15 is 0 Å². The van der Waals surface area contributed by atoms with Crippen LogP contribution in [-0.2, 0) is 10.2 Å². The molecule has 2 rings (SSSR count). The Bertz CT molecular complexity index is 357. The van der Waals surface area contributed by atoms with Crippen molar-refractivity contribution in [3.8, 4) is 0 Å². The summed E-state index contributed by atoms with van der Waals surface area (Å²) >= 11 is 0. The van der Waals surface area contributed by atoms with Crippen LogP contribution in [-0.4, -0.2) is 49.2 Å². The Kier molecular flexibility index (Phi) is 3.27. The van der Waals surface area contributed by atoms with Gasteiger partial charge in [0.2, 0.25) is 0 Å². The number of hydrogen-bond donors (Lipinski definition) is 1. The normalized spacial score (nSPS) is 32.5. The number of likely N-dealkylation sites (N-methyl/N-ethyl adjacent to an activating group) is 1. The van der Waals surface area contributed by atoms with Crippen molar-refractivity contribution in [1.82, 2.24) is 8.61 Å². The molecule has 2 fully saturated rings. The minimum absolute atomic E-state index is 0.135. The molecule has 0 spiro atoms. The van der Waals surface area contributed by atoms with E-state index in [2.05, 4.69) is 0 Å². The van der Waals surface area contributed by atoms with Crippen LogP contribution >= 0.6 is 0 Å². The number of nitrogens with two attached hydrogens (primary N) is 1. The third kappa shape index (κ3) is 1.88. The van der Waals surface area contributed by atoms with Crippen LogP contribution in [0.2, 0.25) is 0 Å². The van der Waals surface area contributed by atoms with E-state index in [-0.39, 0.29) is 12.1 Å². The van der Waals surface area contributed by atoms with Crippen molar-refractivity contribution in [1.29, 1.82) is 0 Å². The first kappa shape index (κ1) is 12.3. The van der Waals surface area contributed by atoms with Gasteiger partial charge in [-0.05, 0) is 32.1 Å². The molecule has 1 aliphatic carbocycles. The first-order valence-corrected chi connectivity index (χ1v) is 7.31. The van der Waals surface area contributed by atoms with Crippen LogP contribution in [0.3, 0.4) is 0 Å². The molecule has 3 unspecified atom stereocenters. The lowest BCUT2D eigenvalue weighted by Gasteiger charge is -2.32. The molecule has 0 aromatic carbocycles. The van der Waals surface area contributed by atoms with Crippen molar-refractivity contribution >= 4 is 10.2 Å². The number of hydrogen-bond acceptors (Lipinski definition) is 3. The van der Waals surface area contributed by atoms with Gasteiger partial charge in [-0.2, -0.15) is 17.0 Å². The molecule has 1 heterocycles. The predicted octanol–water partition coefficient (Wildman–Crippen LogP) is -0.00550. The van der Waals surface area contributed by atoms with Crippen LogP contribution in [0.25, 0.3) is 0 Å². The summed E-state index contributed by atoms with van der Waals surface area (Å²) in [6.45, 7) is 2.90. The van der Waals surface area contributed by atoms with E-state index in [1.165, 1.54) is 10.7 Å². The van der Waals surface area contributed by atoms with Gasteiger partial charge in [-0.1, -0.05) is 0 Å². The highest BCUT2D eigenvalue weighted by molar-refractivity contribution is 7.86. The monoisotopic (exact) mass is 247 g/mol. The summed E-state index contributed by atoms with van der Waals surface area (Å²) in [5, 5.41) is 0. The predicted molar refractivity (Wildman–Crippen MR) is 63.0 cm³/mol. The standard InChI is InChI=1S/C10H21N3O2S/c1-8(6-11)12(2)16(14,15)13-7-9-3-4-10(13)5-9/h8-10H,3-7,11H2,1-2H3. The molecule has 2 N–H and O–H groups in total. The van der Waals surface area contributed by atoms with Gasteiger partial charge in [0, 0.05) is 32.2 Å². The van der Waals surface area contributed by atoms with Crippen molar-refractivity contribution in [2.24, 2.45) is 11.7 Å². The minimum atomic E-state index is -3.29. The smallest absolute Gasteiger partial charge is 0.282 e. The van der Waals surface area contributed by atoms with Gasteiger partial charge in [-0.25, -0.2) is 0 Å². The molecule has 0 amide bonds. The second-order valence-electron chi connectivity index (χ2n) is 5.01. The minimum Gasteiger partial charge on any atom is -0.329 e. The molecule has 2 bridgehead atoms. The van der Waals surface area contributed by atoms with Crippen molar-refractivity contribution in [2.75, 3.05) is 20.1 Å². The van der Waals surface area contributed by atoms with Crippen LogP contribution in [0.5, 0.6) is 0 Å². The van der Waals surface area contributed by atoms with Crippen molar-refractivity contribution < 1.29 is 8.42 Å². The fraction of sp³-hybridized carbons (Fsp3) is 1.00. The van der Waals surface area contributed by atoms with Crippen molar-refractivity contribution in [2.45, 2.75) is 38.3 Å². The third-order valence-electron chi connectivity index (χ3n) is 3.98. The Morgan fingerprint density at radius 1 is 1.50 bits per heavy atom. The molecule has 1 saturated heterocycles. The fourth-order valence-corrected chi connectivity index (χ4v) is 4.54. The maximum absolute atomic E-state index is 12.3. The lowest BCUT2D eigenvalue weighted by molar-refractivity contribution is 0.288. The fourth-order valence-electron chi connectivity index (χ4n) is 2.70. The Hall–Kier alpha value is -0.170. The van der Waals surface area contributed by atoms with E-state index in [1.54, 1.807) is 11.4 Å². The topological polar surface area (TPSA) is 66.6 Å². The van der Waals surface area contributed by atoms with Gasteiger partial charge < -0.3 is 5.73 Å². The number of rotatable bonds is 4. The van der Waals surface area contributed by atoms with Crippen molar-refractivity contribution in [3.63, 3.8) is 0 Å². The average molecular weight is 247 g/mol. The molecular weight excluding hydrogens is 226 g/mol. The molecular formula is C10H21N3O2S. The van der Waals surface area contributed by atoms with Crippen LogP contribution in [0, 0.1) is 5.92 Å². The van der Waals surface area contributed by atoms with E-state index in [0.717, 1.165) is 12.8 Å². The molecule has 0 aromatic heterocycles. The molecule has 5 nitrogen and oxygen atoms in total. The Balaban J connectivity index is 2.13. The summed E-state index contributed by atoms with van der Waals surface area (Å²) in [5.41, 5.74) is 5.52. The second kappa shape index (κ2) is 4.25. The third-order valence-corrected chi connectivity index (χ3v) is 6.11. The summed E-state index contributed by atoms with van der Waals surface area (Å²) in [7, 11) is -1.67. The molecule has 1 saturated carbocycles. The van der Waals surface area contributed by atoms with E-state index in [4.69, 9.17) is 5.73 Å². The summed E-state index contributed by atoms with van der Waals surface area (Å²) in [5.74, 6) is 0.585. The van der Waals surface area contributed by atoms with E-state index in [9.17, 15) is 8.42 Å². The first-order valence-electron chi connectivity index (χ1n) is 5.91. The maximum Gasteiger partial charge on any atom is 0.282 e. The molecule has 0 aromatic rings. The molecule has 1 aliphatic heterocycles. The van der Waals surface area contributed by atoms with Gasteiger partial charge in [0.25, 0.3) is 10.2 Å². The maximum atomic E-state index is 12.3. The zero-order valence-corrected chi connectivity index (χ0v) is 10.8. The Labute approximate surface area is 97.8 Å². The van der Waals surface area contributed by atoms with Crippen molar-refractivity contribution in [3.05, 3.63) is 0 Å². The van der Waals surface area contributed by atoms with Gasteiger partial charge in [-0.15, -0.1) is 0 Å². The van der Waals surface area contributed by atoms with E-state index in [1.807, 2.05) is 6.92 Å². The van der Waals surface area contributed by atoms with Crippen LogP contribution in [0.1, 0.15) is 26.2 Å². The summed E-state index contributed by atoms with van der Waals surface area (Å²) in [6, 6.07) is 0.103. The van der Waals surface area contributed by atoms with Crippen LogP contribution in [0.15, 0.2) is 0 Å². The number of nitrogens with zero attached hydrogens (tertiary/aromatic N) is 2. The van der Waals surface area contributed by atoms with E-state index < -0.39 is 10.2 Å². The molecule has 0 radical (unpaired) electrons. The largest absolute Gasteiger partial charge is 0.329 e. The summed E-state index contributed by atoms with van der Waals surface area (Å²) in [4.78, 5) is 0. The quantitative estimate of drug-likeness (QED) is 0.760. The molecule has 16 heavy (non-hydrogen) atoms. The summed E-state index contributed by atoms with van der Waals surface area (Å²) in [6.07, 6.45) is 3.26. The molecule has 6 heteroatoms. The first-order chi connectivity index (χ1) is 7.46. The van der Waals surface area contributed by atoms with Gasteiger partial charge >= 0.3 is 0 Å². The number of fused-ring (bicyclic) bond motifs is 2. The van der Waals surface area contributed by atoms with E-state index in [0.29, 0.717) is 19.0 Å². The zero-order valence-electron chi connectivity index (χ0n) is 9.96. The highest BCUT2D eigenvalue weighted by Gasteiger charge is 2.45. The number of piperidine rings is 1. The lowest BCUT2D eigenvalue weighted by Crippen LogP contribution is -2.50. The molecule has 2 aliphatic rings. The van der Waals surface area contributed by atoms with Crippen LogP contribution < -0.4 is 5.73 Å². The summed E-state index contributed by atoms with van der Waals surface area (Å²) < 4.78 is 27.7. The van der Waals surface area contributed by atoms with Crippen LogP contribution in [0.4, 0.5) is 0 Å². The lowest BCUT2D eigenvalue weighted by atomic mass is 10.1. The zero-order chi connectivity index (χ0) is 11.9.